The second-order valence-corrected chi connectivity index (χ2v) is 7.51. The van der Waals surface area contributed by atoms with Gasteiger partial charge in [-0.2, -0.15) is 5.10 Å². The molecule has 0 spiro atoms. The molecule has 3 rings (SSSR count). The molecule has 174 valence electrons. The van der Waals surface area contributed by atoms with Crippen LogP contribution in [0.5, 0.6) is 5.75 Å². The van der Waals surface area contributed by atoms with Gasteiger partial charge in [0.05, 0.1) is 17.1 Å². The second-order valence-electron chi connectivity index (χ2n) is 7.51. The number of ether oxygens (including phenoxy) is 1. The number of aliphatic carboxylic acids is 1. The van der Waals surface area contributed by atoms with Gasteiger partial charge in [-0.1, -0.05) is 48.5 Å². The number of rotatable bonds is 11. The number of amides is 1. The number of nitrogens with zero attached hydrogens (tertiary/aromatic N) is 2. The van der Waals surface area contributed by atoms with Crippen molar-refractivity contribution >= 4 is 29.0 Å². The first-order chi connectivity index (χ1) is 16.4. The minimum atomic E-state index is -1.08. The summed E-state index contributed by atoms with van der Waals surface area (Å²) in [6.07, 6.45) is 0. The van der Waals surface area contributed by atoms with Crippen molar-refractivity contribution in [3.8, 4) is 5.75 Å². The SMILES string of the molecule is C/C(=N/Nc1ccccc1)C(=N)COc1ccc(CN(CC(=O)O)C(=O)c2ccccc2)cc1. The van der Waals surface area contributed by atoms with Crippen molar-refractivity contribution in [3.05, 3.63) is 96.1 Å². The van der Waals surface area contributed by atoms with Gasteiger partial charge >= 0.3 is 5.97 Å². The molecule has 0 aromatic heterocycles. The van der Waals surface area contributed by atoms with Crippen molar-refractivity contribution in [3.63, 3.8) is 0 Å². The fourth-order valence-electron chi connectivity index (χ4n) is 3.03. The van der Waals surface area contributed by atoms with Gasteiger partial charge in [0.15, 0.2) is 0 Å². The average Bonchev–Trinajstić information content (AvgIpc) is 2.86. The number of hydrazone groups is 1. The maximum Gasteiger partial charge on any atom is 0.323 e. The number of benzene rings is 3. The quantitative estimate of drug-likeness (QED) is 0.293. The van der Waals surface area contributed by atoms with Crippen LogP contribution in [0.25, 0.3) is 0 Å². The average molecular weight is 459 g/mol. The summed E-state index contributed by atoms with van der Waals surface area (Å²) in [7, 11) is 0. The smallest absolute Gasteiger partial charge is 0.323 e. The van der Waals surface area contributed by atoms with E-state index in [0.717, 1.165) is 11.3 Å². The zero-order valence-corrected chi connectivity index (χ0v) is 18.8. The fourth-order valence-corrected chi connectivity index (χ4v) is 3.03. The van der Waals surface area contributed by atoms with Crippen LogP contribution in [0.2, 0.25) is 0 Å². The van der Waals surface area contributed by atoms with E-state index in [9.17, 15) is 14.7 Å². The largest absolute Gasteiger partial charge is 0.487 e. The Balaban J connectivity index is 1.56. The maximum absolute atomic E-state index is 12.7. The molecule has 0 radical (unpaired) electrons. The third-order valence-corrected chi connectivity index (χ3v) is 4.88. The highest BCUT2D eigenvalue weighted by Crippen LogP contribution is 2.15. The van der Waals surface area contributed by atoms with Gasteiger partial charge in [-0.3, -0.25) is 20.4 Å². The van der Waals surface area contributed by atoms with Crippen molar-refractivity contribution in [2.24, 2.45) is 5.10 Å². The van der Waals surface area contributed by atoms with E-state index in [-0.39, 0.29) is 24.8 Å². The number of hydrogen-bond donors (Lipinski definition) is 3. The fraction of sp³-hybridized carbons (Fsp3) is 0.154. The van der Waals surface area contributed by atoms with Gasteiger partial charge in [-0.05, 0) is 48.9 Å². The Kier molecular flexibility index (Phi) is 8.51. The first-order valence-corrected chi connectivity index (χ1v) is 10.6. The number of hydrogen-bond acceptors (Lipinski definition) is 6. The summed E-state index contributed by atoms with van der Waals surface area (Å²) >= 11 is 0. The van der Waals surface area contributed by atoms with Crippen molar-refractivity contribution in [2.75, 3.05) is 18.6 Å². The second kappa shape index (κ2) is 12.0. The molecule has 0 unspecified atom stereocenters. The van der Waals surface area contributed by atoms with Crippen LogP contribution in [-0.4, -0.2) is 46.5 Å². The van der Waals surface area contributed by atoms with Crippen molar-refractivity contribution in [2.45, 2.75) is 13.5 Å². The summed E-state index contributed by atoms with van der Waals surface area (Å²) in [4.78, 5) is 25.3. The zero-order valence-electron chi connectivity index (χ0n) is 18.8. The van der Waals surface area contributed by atoms with E-state index in [0.29, 0.717) is 17.0 Å². The van der Waals surface area contributed by atoms with Crippen LogP contribution in [0.1, 0.15) is 22.8 Å². The molecule has 3 aromatic carbocycles. The number of carboxylic acid groups (broad SMARTS) is 1. The van der Waals surface area contributed by atoms with Crippen LogP contribution in [0.3, 0.4) is 0 Å². The van der Waals surface area contributed by atoms with Crippen LogP contribution in [0, 0.1) is 5.41 Å². The Morgan fingerprint density at radius 1 is 0.971 bits per heavy atom. The number of carboxylic acids is 1. The molecule has 8 heteroatoms. The normalized spacial score (nSPS) is 10.9. The summed E-state index contributed by atoms with van der Waals surface area (Å²) in [5, 5.41) is 21.6. The highest BCUT2D eigenvalue weighted by Gasteiger charge is 2.18. The molecule has 0 aliphatic carbocycles. The van der Waals surface area contributed by atoms with E-state index in [4.69, 9.17) is 10.1 Å². The van der Waals surface area contributed by atoms with E-state index in [1.165, 1.54) is 4.90 Å². The highest BCUT2D eigenvalue weighted by atomic mass is 16.5. The van der Waals surface area contributed by atoms with Gasteiger partial charge in [0.1, 0.15) is 18.9 Å². The maximum atomic E-state index is 12.7. The van der Waals surface area contributed by atoms with Crippen LogP contribution in [0.15, 0.2) is 90.0 Å². The topological polar surface area (TPSA) is 115 Å². The number of nitrogens with one attached hydrogen (secondary N) is 2. The molecule has 1 amide bonds. The summed E-state index contributed by atoms with van der Waals surface area (Å²) < 4.78 is 5.67. The predicted octanol–water partition coefficient (Wildman–Crippen LogP) is 4.30. The van der Waals surface area contributed by atoms with E-state index >= 15 is 0 Å². The number of carbonyl (C=O) groups is 2. The number of carbonyl (C=O) groups excluding carboxylic acids is 1. The van der Waals surface area contributed by atoms with E-state index < -0.39 is 12.5 Å². The molecule has 0 heterocycles. The number of para-hydroxylation sites is 1. The molecule has 3 aromatic rings. The molecule has 0 saturated carbocycles. The van der Waals surface area contributed by atoms with E-state index in [1.54, 1.807) is 61.5 Å². The predicted molar refractivity (Wildman–Crippen MR) is 132 cm³/mol. The molecular formula is C26H26N4O4. The lowest BCUT2D eigenvalue weighted by atomic mass is 10.1. The van der Waals surface area contributed by atoms with Crippen LogP contribution in [0.4, 0.5) is 5.69 Å². The van der Waals surface area contributed by atoms with Crippen molar-refractivity contribution < 1.29 is 19.4 Å². The molecule has 8 nitrogen and oxygen atoms in total. The Morgan fingerprint density at radius 3 is 2.21 bits per heavy atom. The van der Waals surface area contributed by atoms with Gasteiger partial charge in [0.25, 0.3) is 5.91 Å². The van der Waals surface area contributed by atoms with Gasteiger partial charge in [-0.25, -0.2) is 0 Å². The summed E-state index contributed by atoms with van der Waals surface area (Å²) in [5.74, 6) is -0.881. The minimum Gasteiger partial charge on any atom is -0.487 e. The molecule has 0 saturated heterocycles. The Hall–Kier alpha value is -4.46. The molecule has 0 atom stereocenters. The Bertz CT molecular complexity index is 1150. The highest BCUT2D eigenvalue weighted by molar-refractivity contribution is 6.41. The summed E-state index contributed by atoms with van der Waals surface area (Å²) in [5.41, 5.74) is 5.66. The first kappa shape index (κ1) is 24.2. The van der Waals surface area contributed by atoms with Crippen molar-refractivity contribution in [1.29, 1.82) is 5.41 Å². The monoisotopic (exact) mass is 458 g/mol. The molecule has 34 heavy (non-hydrogen) atoms. The Labute approximate surface area is 198 Å². The van der Waals surface area contributed by atoms with Gasteiger partial charge in [0.2, 0.25) is 0 Å². The van der Waals surface area contributed by atoms with Gasteiger partial charge < -0.3 is 14.7 Å². The Morgan fingerprint density at radius 2 is 1.59 bits per heavy atom. The van der Waals surface area contributed by atoms with Gasteiger partial charge in [-0.15, -0.1) is 0 Å². The molecule has 0 bridgehead atoms. The summed E-state index contributed by atoms with van der Waals surface area (Å²) in [6, 6.07) is 25.0. The van der Waals surface area contributed by atoms with Crippen LogP contribution in [-0.2, 0) is 11.3 Å². The standard InChI is InChI=1S/C26H26N4O4/c1-19(28-29-22-10-6-3-7-11-22)24(27)18-34-23-14-12-20(13-15-23)16-30(17-25(31)32)26(33)21-8-4-2-5-9-21/h2-15,27,29H,16-18H2,1H3,(H,31,32)/b27-24?,28-19-. The third kappa shape index (κ3) is 7.30. The molecule has 0 fully saturated rings. The summed E-state index contributed by atoms with van der Waals surface area (Å²) in [6.45, 7) is 1.51. The lowest BCUT2D eigenvalue weighted by molar-refractivity contribution is -0.137. The molecule has 0 aliphatic rings. The lowest BCUT2D eigenvalue weighted by Crippen LogP contribution is -2.35. The van der Waals surface area contributed by atoms with Gasteiger partial charge in [0, 0.05) is 12.1 Å². The number of anilines is 1. The van der Waals surface area contributed by atoms with Crippen LogP contribution >= 0.6 is 0 Å². The van der Waals surface area contributed by atoms with E-state index in [2.05, 4.69) is 10.5 Å². The minimum absolute atomic E-state index is 0.0444. The lowest BCUT2D eigenvalue weighted by Gasteiger charge is -2.21. The molecule has 3 N–H and O–H groups in total. The van der Waals surface area contributed by atoms with Crippen molar-refractivity contribution in [1.82, 2.24) is 4.90 Å². The first-order valence-electron chi connectivity index (χ1n) is 10.6. The third-order valence-electron chi connectivity index (χ3n) is 4.88. The molecule has 0 aliphatic heterocycles. The van der Waals surface area contributed by atoms with E-state index in [1.807, 2.05) is 30.3 Å². The van der Waals surface area contributed by atoms with Crippen LogP contribution < -0.4 is 10.2 Å². The molecular weight excluding hydrogens is 432 g/mol. The zero-order chi connectivity index (χ0) is 24.3.